The minimum absolute atomic E-state index is 0.0794. The van der Waals surface area contributed by atoms with Gasteiger partial charge in [0.25, 0.3) is 0 Å². The predicted octanol–water partition coefficient (Wildman–Crippen LogP) is 5.38. The first-order valence-corrected chi connectivity index (χ1v) is 12.7. The van der Waals surface area contributed by atoms with Crippen LogP contribution in [0.25, 0.3) is 33.4 Å². The van der Waals surface area contributed by atoms with Gasteiger partial charge in [-0.25, -0.2) is 4.98 Å². The van der Waals surface area contributed by atoms with Crippen LogP contribution in [0.1, 0.15) is 5.56 Å². The minimum Gasteiger partial charge on any atom is -0.369 e. The summed E-state index contributed by atoms with van der Waals surface area (Å²) in [6, 6.07) is 16.9. The lowest BCUT2D eigenvalue weighted by molar-refractivity contribution is -0.114. The average molecular weight is 498 g/mol. The third-order valence-electron chi connectivity index (χ3n) is 7.38. The summed E-state index contributed by atoms with van der Waals surface area (Å²) in [6.07, 6.45) is 3.94. The first kappa shape index (κ1) is 22.8. The number of pyridine rings is 1. The van der Waals surface area contributed by atoms with E-state index in [4.69, 9.17) is 11.6 Å². The van der Waals surface area contributed by atoms with Crippen molar-refractivity contribution in [2.75, 3.05) is 49.6 Å². The van der Waals surface area contributed by atoms with Gasteiger partial charge in [-0.2, -0.15) is 0 Å². The standard InChI is InChI=1S/C29H28ClN5O/c1-3-25(36)35-13-11-19-4-5-21(18-24(19)35)26-27-23(30)10-12-31-29(27)32-28(26)20-6-8-22(9-7-20)34-16-14-33(2)15-17-34/h3-10,12,18H,1,11,13-17H2,2H3,(H,31,32). The molecule has 0 atom stereocenters. The van der Waals surface area contributed by atoms with Gasteiger partial charge in [-0.05, 0) is 60.5 Å². The van der Waals surface area contributed by atoms with E-state index in [1.807, 2.05) is 6.07 Å². The molecule has 6 rings (SSSR count). The molecule has 36 heavy (non-hydrogen) atoms. The van der Waals surface area contributed by atoms with Crippen LogP contribution in [0.5, 0.6) is 0 Å². The van der Waals surface area contributed by atoms with E-state index in [0.29, 0.717) is 11.6 Å². The predicted molar refractivity (Wildman–Crippen MR) is 148 cm³/mol. The molecule has 0 saturated carbocycles. The van der Waals surface area contributed by atoms with E-state index in [-0.39, 0.29) is 5.91 Å². The molecule has 1 fully saturated rings. The number of halogens is 1. The summed E-state index contributed by atoms with van der Waals surface area (Å²) in [6.45, 7) is 8.54. The normalized spacial score (nSPS) is 15.9. The van der Waals surface area contributed by atoms with Crippen LogP contribution in [0.15, 0.2) is 67.4 Å². The fourth-order valence-corrected chi connectivity index (χ4v) is 5.60. The van der Waals surface area contributed by atoms with Gasteiger partial charge in [0.1, 0.15) is 5.65 Å². The molecule has 0 bridgehead atoms. The van der Waals surface area contributed by atoms with Gasteiger partial charge in [0.15, 0.2) is 0 Å². The molecule has 2 aliphatic rings. The van der Waals surface area contributed by atoms with Crippen molar-refractivity contribution in [2.45, 2.75) is 6.42 Å². The third kappa shape index (κ3) is 3.87. The Morgan fingerprint density at radius 2 is 1.78 bits per heavy atom. The van der Waals surface area contributed by atoms with Crippen LogP contribution in [0.4, 0.5) is 11.4 Å². The monoisotopic (exact) mass is 497 g/mol. The van der Waals surface area contributed by atoms with Crippen LogP contribution in [-0.4, -0.2) is 60.5 Å². The Balaban J connectivity index is 1.46. The molecule has 182 valence electrons. The molecule has 4 aromatic rings. The number of hydrogen-bond donors (Lipinski definition) is 1. The summed E-state index contributed by atoms with van der Waals surface area (Å²) in [5.74, 6) is -0.0794. The molecule has 0 radical (unpaired) electrons. The number of aromatic amines is 1. The number of likely N-dealkylation sites (N-methyl/N-ethyl adjacent to an activating group) is 1. The summed E-state index contributed by atoms with van der Waals surface area (Å²) in [5, 5.41) is 1.53. The second kappa shape index (κ2) is 9.12. The average Bonchev–Trinajstić information content (AvgIpc) is 3.51. The largest absolute Gasteiger partial charge is 0.369 e. The van der Waals surface area contributed by atoms with Crippen molar-refractivity contribution in [1.82, 2.24) is 14.9 Å². The van der Waals surface area contributed by atoms with E-state index < -0.39 is 0 Å². The molecule has 0 aliphatic carbocycles. The van der Waals surface area contributed by atoms with E-state index >= 15 is 0 Å². The topological polar surface area (TPSA) is 55.5 Å². The number of piperazine rings is 1. The third-order valence-corrected chi connectivity index (χ3v) is 7.69. The van der Waals surface area contributed by atoms with E-state index in [2.05, 4.69) is 75.9 Å². The van der Waals surface area contributed by atoms with Gasteiger partial charge < -0.3 is 19.7 Å². The Labute approximate surface area is 215 Å². The number of nitrogens with one attached hydrogen (secondary N) is 1. The molecule has 0 unspecified atom stereocenters. The lowest BCUT2D eigenvalue weighted by atomic mass is 9.97. The van der Waals surface area contributed by atoms with Gasteiger partial charge in [0, 0.05) is 61.2 Å². The zero-order valence-electron chi connectivity index (χ0n) is 20.3. The quantitative estimate of drug-likeness (QED) is 0.385. The highest BCUT2D eigenvalue weighted by Crippen LogP contribution is 2.43. The van der Waals surface area contributed by atoms with E-state index in [0.717, 1.165) is 77.3 Å². The molecular weight excluding hydrogens is 470 g/mol. The first-order valence-electron chi connectivity index (χ1n) is 12.3. The Morgan fingerprint density at radius 1 is 1.03 bits per heavy atom. The molecule has 2 aliphatic heterocycles. The minimum atomic E-state index is -0.0794. The van der Waals surface area contributed by atoms with Crippen LogP contribution in [0.2, 0.25) is 5.02 Å². The van der Waals surface area contributed by atoms with Crippen LogP contribution in [-0.2, 0) is 11.2 Å². The van der Waals surface area contributed by atoms with Crippen LogP contribution in [0, 0.1) is 0 Å². The van der Waals surface area contributed by atoms with Gasteiger partial charge >= 0.3 is 0 Å². The number of benzene rings is 2. The SMILES string of the molecule is C=CC(=O)N1CCc2ccc(-c3c(-c4ccc(N5CCN(C)CC5)cc4)[nH]c4nccc(Cl)c34)cc21. The second-order valence-corrected chi connectivity index (χ2v) is 9.92. The summed E-state index contributed by atoms with van der Waals surface area (Å²) in [5.41, 5.74) is 8.10. The highest BCUT2D eigenvalue weighted by atomic mass is 35.5. The highest BCUT2D eigenvalue weighted by Gasteiger charge is 2.25. The molecular formula is C29H28ClN5O. The molecule has 2 aromatic carbocycles. The molecule has 4 heterocycles. The smallest absolute Gasteiger partial charge is 0.250 e. The molecule has 2 aromatic heterocycles. The van der Waals surface area contributed by atoms with Gasteiger partial charge in [0.05, 0.1) is 10.7 Å². The lowest BCUT2D eigenvalue weighted by Gasteiger charge is -2.34. The zero-order chi connectivity index (χ0) is 24.8. The van der Waals surface area contributed by atoms with E-state index in [1.54, 1.807) is 11.1 Å². The number of carbonyl (C=O) groups excluding carboxylic acids is 1. The molecule has 1 saturated heterocycles. The maximum absolute atomic E-state index is 12.5. The number of anilines is 2. The molecule has 7 heteroatoms. The molecule has 6 nitrogen and oxygen atoms in total. The van der Waals surface area contributed by atoms with Crippen molar-refractivity contribution in [3.05, 3.63) is 78.0 Å². The van der Waals surface area contributed by atoms with Crippen molar-refractivity contribution >= 4 is 39.9 Å². The summed E-state index contributed by atoms with van der Waals surface area (Å²) in [4.78, 5) is 27.2. The maximum atomic E-state index is 12.5. The number of hydrogen-bond acceptors (Lipinski definition) is 4. The number of fused-ring (bicyclic) bond motifs is 2. The highest BCUT2D eigenvalue weighted by molar-refractivity contribution is 6.36. The number of amides is 1. The molecule has 1 amide bonds. The number of aromatic nitrogens is 2. The number of carbonyl (C=O) groups is 1. The fraction of sp³-hybridized carbons (Fsp3) is 0.241. The molecule has 1 N–H and O–H groups in total. The van der Waals surface area contributed by atoms with Crippen LogP contribution >= 0.6 is 11.6 Å². The van der Waals surface area contributed by atoms with Crippen molar-refractivity contribution in [3.8, 4) is 22.4 Å². The van der Waals surface area contributed by atoms with Crippen molar-refractivity contribution in [1.29, 1.82) is 0 Å². The van der Waals surface area contributed by atoms with Crippen LogP contribution in [0.3, 0.4) is 0 Å². The Morgan fingerprint density at radius 3 is 2.53 bits per heavy atom. The van der Waals surface area contributed by atoms with Gasteiger partial charge in [-0.15, -0.1) is 0 Å². The van der Waals surface area contributed by atoms with Gasteiger partial charge in [-0.3, -0.25) is 4.79 Å². The van der Waals surface area contributed by atoms with Crippen molar-refractivity contribution in [2.24, 2.45) is 0 Å². The fourth-order valence-electron chi connectivity index (χ4n) is 5.36. The summed E-state index contributed by atoms with van der Waals surface area (Å²) >= 11 is 6.72. The Bertz CT molecular complexity index is 1470. The first-order chi connectivity index (χ1) is 17.5. The number of rotatable bonds is 4. The van der Waals surface area contributed by atoms with Gasteiger partial charge in [-0.1, -0.05) is 42.4 Å². The number of H-pyrrole nitrogens is 1. The van der Waals surface area contributed by atoms with Crippen molar-refractivity contribution in [3.63, 3.8) is 0 Å². The lowest BCUT2D eigenvalue weighted by Crippen LogP contribution is -2.44. The number of nitrogens with zero attached hydrogens (tertiary/aromatic N) is 4. The van der Waals surface area contributed by atoms with Crippen molar-refractivity contribution < 1.29 is 4.79 Å². The van der Waals surface area contributed by atoms with Gasteiger partial charge in [0.2, 0.25) is 5.91 Å². The maximum Gasteiger partial charge on any atom is 0.250 e. The molecule has 0 spiro atoms. The van der Waals surface area contributed by atoms with E-state index in [9.17, 15) is 4.79 Å². The van der Waals surface area contributed by atoms with E-state index in [1.165, 1.54) is 11.8 Å². The Hall–Kier alpha value is -3.61. The summed E-state index contributed by atoms with van der Waals surface area (Å²) < 4.78 is 0. The van der Waals surface area contributed by atoms with Crippen LogP contribution < -0.4 is 9.80 Å². The Kier molecular flexibility index (Phi) is 5.78. The second-order valence-electron chi connectivity index (χ2n) is 9.52. The zero-order valence-corrected chi connectivity index (χ0v) is 21.1. The summed E-state index contributed by atoms with van der Waals surface area (Å²) in [7, 11) is 2.17.